The number of para-hydroxylation sites is 1. The largest absolute Gasteiger partial charge is 0.350 e. The van der Waals surface area contributed by atoms with E-state index in [1.807, 2.05) is 95.6 Å². The van der Waals surface area contributed by atoms with E-state index in [1.54, 1.807) is 0 Å². The van der Waals surface area contributed by atoms with E-state index in [1.165, 1.54) is 11.8 Å². The summed E-state index contributed by atoms with van der Waals surface area (Å²) in [7, 11) is 0. The second-order valence-electron chi connectivity index (χ2n) is 7.17. The second kappa shape index (κ2) is 11.1. The van der Waals surface area contributed by atoms with E-state index in [9.17, 15) is 9.59 Å². The van der Waals surface area contributed by atoms with Gasteiger partial charge in [0.1, 0.15) is 0 Å². The summed E-state index contributed by atoms with van der Waals surface area (Å²) in [4.78, 5) is 24.4. The normalized spacial score (nSPS) is 10.5. The van der Waals surface area contributed by atoms with E-state index in [0.29, 0.717) is 17.5 Å². The van der Waals surface area contributed by atoms with Crippen LogP contribution in [0.4, 0.5) is 0 Å². The fourth-order valence-electron chi connectivity index (χ4n) is 3.17. The zero-order chi connectivity index (χ0) is 22.9. The molecule has 8 heteroatoms. The number of carbonyl (C=O) groups excluding carboxylic acids is 2. The fourth-order valence-corrected chi connectivity index (χ4v) is 3.95. The van der Waals surface area contributed by atoms with Gasteiger partial charge in [-0.1, -0.05) is 90.6 Å². The number of hydrogen-bond acceptors (Lipinski definition) is 5. The number of nitrogens with one attached hydrogen (secondary N) is 2. The minimum Gasteiger partial charge on any atom is -0.350 e. The van der Waals surface area contributed by atoms with Crippen LogP contribution in [0.5, 0.6) is 0 Å². The molecule has 0 aliphatic carbocycles. The Bertz CT molecular complexity index is 1200. The standard InChI is InChI=1S/C25H23N5O2S/c31-22(26-16-19-10-4-1-5-11-19)17-27-23(32)18-33-25-29-28-24(20-12-6-2-7-13-20)30(25)21-14-8-3-9-15-21/h1-15H,16-18H2,(H,26,31)(H,27,32). The van der Waals surface area contributed by atoms with Gasteiger partial charge in [-0.2, -0.15) is 0 Å². The molecular formula is C25H23N5O2S. The third-order valence-electron chi connectivity index (χ3n) is 4.79. The van der Waals surface area contributed by atoms with Crippen molar-refractivity contribution in [3.8, 4) is 17.1 Å². The van der Waals surface area contributed by atoms with Crippen LogP contribution in [0, 0.1) is 0 Å². The molecule has 0 aliphatic rings. The Kier molecular flexibility index (Phi) is 7.50. The van der Waals surface area contributed by atoms with Gasteiger partial charge in [0.05, 0.1) is 12.3 Å². The number of amides is 2. The van der Waals surface area contributed by atoms with Crippen LogP contribution >= 0.6 is 11.8 Å². The minimum absolute atomic E-state index is 0.0765. The molecule has 2 amide bonds. The first kappa shape index (κ1) is 22.3. The Labute approximate surface area is 196 Å². The molecule has 0 saturated carbocycles. The van der Waals surface area contributed by atoms with Gasteiger partial charge in [0.2, 0.25) is 11.8 Å². The van der Waals surface area contributed by atoms with E-state index in [4.69, 9.17) is 0 Å². The first-order valence-electron chi connectivity index (χ1n) is 10.5. The molecule has 166 valence electrons. The predicted molar refractivity (Wildman–Crippen MR) is 129 cm³/mol. The van der Waals surface area contributed by atoms with Crippen molar-refractivity contribution in [2.75, 3.05) is 12.3 Å². The van der Waals surface area contributed by atoms with Gasteiger partial charge in [-0.05, 0) is 17.7 Å². The van der Waals surface area contributed by atoms with E-state index < -0.39 is 0 Å². The maximum atomic E-state index is 12.4. The molecule has 0 radical (unpaired) electrons. The number of aromatic nitrogens is 3. The lowest BCUT2D eigenvalue weighted by Crippen LogP contribution is -2.37. The van der Waals surface area contributed by atoms with E-state index >= 15 is 0 Å². The van der Waals surface area contributed by atoms with Crippen LogP contribution in [0.15, 0.2) is 96.2 Å². The Morgan fingerprint density at radius 2 is 1.39 bits per heavy atom. The van der Waals surface area contributed by atoms with E-state index in [-0.39, 0.29) is 24.1 Å². The van der Waals surface area contributed by atoms with Gasteiger partial charge < -0.3 is 10.6 Å². The molecule has 4 rings (SSSR count). The number of rotatable bonds is 9. The summed E-state index contributed by atoms with van der Waals surface area (Å²) in [5, 5.41) is 14.7. The summed E-state index contributed by atoms with van der Waals surface area (Å²) in [6, 6.07) is 29.2. The SMILES string of the molecule is O=C(CNC(=O)CSc1nnc(-c2ccccc2)n1-c1ccccc1)NCc1ccccc1. The van der Waals surface area contributed by atoms with E-state index in [2.05, 4.69) is 20.8 Å². The van der Waals surface area contributed by atoms with Crippen molar-refractivity contribution in [1.82, 2.24) is 25.4 Å². The van der Waals surface area contributed by atoms with Crippen LogP contribution < -0.4 is 10.6 Å². The first-order chi connectivity index (χ1) is 16.2. The van der Waals surface area contributed by atoms with Gasteiger partial charge >= 0.3 is 0 Å². The van der Waals surface area contributed by atoms with Gasteiger partial charge in [-0.15, -0.1) is 10.2 Å². The lowest BCUT2D eigenvalue weighted by atomic mass is 10.2. The van der Waals surface area contributed by atoms with E-state index in [0.717, 1.165) is 16.8 Å². The zero-order valence-corrected chi connectivity index (χ0v) is 18.7. The van der Waals surface area contributed by atoms with Crippen LogP contribution in [0.1, 0.15) is 5.56 Å². The molecular weight excluding hydrogens is 434 g/mol. The van der Waals surface area contributed by atoms with Crippen molar-refractivity contribution in [1.29, 1.82) is 0 Å². The summed E-state index contributed by atoms with van der Waals surface area (Å²) >= 11 is 1.27. The van der Waals surface area contributed by atoms with Crippen LogP contribution in [0.2, 0.25) is 0 Å². The molecule has 0 spiro atoms. The summed E-state index contributed by atoms with van der Waals surface area (Å²) in [5.41, 5.74) is 2.84. The van der Waals surface area contributed by atoms with Crippen molar-refractivity contribution >= 4 is 23.6 Å². The second-order valence-corrected chi connectivity index (χ2v) is 8.11. The van der Waals surface area contributed by atoms with Crippen LogP contribution in [-0.4, -0.2) is 38.9 Å². The van der Waals surface area contributed by atoms with Crippen molar-refractivity contribution in [3.05, 3.63) is 96.6 Å². The molecule has 0 fully saturated rings. The van der Waals surface area contributed by atoms with Crippen molar-refractivity contribution < 1.29 is 9.59 Å². The molecule has 7 nitrogen and oxygen atoms in total. The highest BCUT2D eigenvalue weighted by atomic mass is 32.2. The maximum absolute atomic E-state index is 12.4. The highest BCUT2D eigenvalue weighted by molar-refractivity contribution is 7.99. The lowest BCUT2D eigenvalue weighted by Gasteiger charge is -2.10. The number of carbonyl (C=O) groups is 2. The lowest BCUT2D eigenvalue weighted by molar-refractivity contribution is -0.124. The summed E-state index contributed by atoms with van der Waals surface area (Å²) in [5.74, 6) is 0.325. The molecule has 2 N–H and O–H groups in total. The predicted octanol–water partition coefficient (Wildman–Crippen LogP) is 3.46. The number of benzene rings is 3. The third-order valence-corrected chi connectivity index (χ3v) is 5.72. The number of nitrogens with zero attached hydrogens (tertiary/aromatic N) is 3. The monoisotopic (exact) mass is 457 g/mol. The number of hydrogen-bond donors (Lipinski definition) is 2. The smallest absolute Gasteiger partial charge is 0.239 e. The molecule has 0 bridgehead atoms. The van der Waals surface area contributed by atoms with Gasteiger partial charge in [0.25, 0.3) is 0 Å². The highest BCUT2D eigenvalue weighted by Gasteiger charge is 2.17. The third kappa shape index (κ3) is 6.08. The maximum Gasteiger partial charge on any atom is 0.239 e. The molecule has 4 aromatic rings. The van der Waals surface area contributed by atoms with Crippen molar-refractivity contribution in [3.63, 3.8) is 0 Å². The Morgan fingerprint density at radius 3 is 2.09 bits per heavy atom. The molecule has 0 atom stereocenters. The van der Waals surface area contributed by atoms with Gasteiger partial charge in [0.15, 0.2) is 11.0 Å². The van der Waals surface area contributed by atoms with Gasteiger partial charge in [-0.25, -0.2) is 0 Å². The first-order valence-corrected chi connectivity index (χ1v) is 11.5. The fraction of sp³-hybridized carbons (Fsp3) is 0.120. The average molecular weight is 458 g/mol. The van der Waals surface area contributed by atoms with Gasteiger partial charge in [-0.3, -0.25) is 14.2 Å². The summed E-state index contributed by atoms with van der Waals surface area (Å²) in [6.07, 6.45) is 0. The molecule has 0 saturated heterocycles. The zero-order valence-electron chi connectivity index (χ0n) is 17.8. The minimum atomic E-state index is -0.251. The Hall–Kier alpha value is -3.91. The molecule has 3 aromatic carbocycles. The molecule has 0 unspecified atom stereocenters. The number of thioether (sulfide) groups is 1. The van der Waals surface area contributed by atoms with Gasteiger partial charge in [0, 0.05) is 17.8 Å². The average Bonchev–Trinajstić information content (AvgIpc) is 3.30. The quantitative estimate of drug-likeness (QED) is 0.376. The topological polar surface area (TPSA) is 88.9 Å². The summed E-state index contributed by atoms with van der Waals surface area (Å²) in [6.45, 7) is 0.347. The molecule has 1 heterocycles. The van der Waals surface area contributed by atoms with Crippen molar-refractivity contribution in [2.45, 2.75) is 11.7 Å². The Balaban J connectivity index is 1.36. The Morgan fingerprint density at radius 1 is 0.758 bits per heavy atom. The molecule has 33 heavy (non-hydrogen) atoms. The highest BCUT2D eigenvalue weighted by Crippen LogP contribution is 2.27. The summed E-state index contributed by atoms with van der Waals surface area (Å²) < 4.78 is 1.93. The van der Waals surface area contributed by atoms with Crippen LogP contribution in [0.25, 0.3) is 17.1 Å². The van der Waals surface area contributed by atoms with Crippen molar-refractivity contribution in [2.24, 2.45) is 0 Å². The van der Waals surface area contributed by atoms with Crippen LogP contribution in [0.3, 0.4) is 0 Å². The molecule has 0 aliphatic heterocycles. The van der Waals surface area contributed by atoms with Crippen LogP contribution in [-0.2, 0) is 16.1 Å². The molecule has 1 aromatic heterocycles.